The Hall–Kier alpha value is -2.41. The van der Waals surface area contributed by atoms with Crippen molar-refractivity contribution in [3.63, 3.8) is 0 Å². The summed E-state index contributed by atoms with van der Waals surface area (Å²) in [5, 5.41) is 20.7. The largest absolute Gasteiger partial charge is 0.491 e. The maximum atomic E-state index is 10.8. The average Bonchev–Trinajstić information content (AvgIpc) is 2.79. The predicted octanol–water partition coefficient (Wildman–Crippen LogP) is 1.54. The zero-order valence-corrected chi connectivity index (χ0v) is 11.0. The number of para-hydroxylation sites is 1. The molecule has 0 spiro atoms. The van der Waals surface area contributed by atoms with E-state index in [-0.39, 0.29) is 19.0 Å². The van der Waals surface area contributed by atoms with Gasteiger partial charge in [-0.3, -0.25) is 0 Å². The van der Waals surface area contributed by atoms with Gasteiger partial charge in [-0.1, -0.05) is 18.2 Å². The Kier molecular flexibility index (Phi) is 4.31. The van der Waals surface area contributed by atoms with E-state index >= 15 is 0 Å². The molecule has 106 valence electrons. The maximum Gasteiger partial charge on any atom is 0.342 e. The summed E-state index contributed by atoms with van der Waals surface area (Å²) in [5.41, 5.74) is 0. The van der Waals surface area contributed by atoms with Gasteiger partial charge < -0.3 is 20.0 Å². The Morgan fingerprint density at radius 2 is 2.15 bits per heavy atom. The van der Waals surface area contributed by atoms with Crippen LogP contribution in [-0.2, 0) is 6.54 Å². The molecule has 0 aliphatic rings. The molecule has 0 aliphatic heterocycles. The number of rotatable bonds is 6. The third kappa shape index (κ3) is 3.33. The van der Waals surface area contributed by atoms with Crippen LogP contribution in [0, 0.1) is 17.0 Å². The van der Waals surface area contributed by atoms with Crippen LogP contribution in [0.2, 0.25) is 0 Å². The van der Waals surface area contributed by atoms with E-state index in [9.17, 15) is 15.2 Å². The Morgan fingerprint density at radius 3 is 2.80 bits per heavy atom. The van der Waals surface area contributed by atoms with Gasteiger partial charge in [0.2, 0.25) is 0 Å². The molecule has 7 nitrogen and oxygen atoms in total. The zero-order valence-electron chi connectivity index (χ0n) is 11.0. The number of nitro groups is 1. The molecule has 1 unspecified atom stereocenters. The summed E-state index contributed by atoms with van der Waals surface area (Å²) in [5.74, 6) is 0.986. The number of imidazole rings is 1. The van der Waals surface area contributed by atoms with Crippen molar-refractivity contribution in [1.29, 1.82) is 0 Å². The molecule has 0 saturated heterocycles. The summed E-state index contributed by atoms with van der Waals surface area (Å²) in [4.78, 5) is 14.2. The van der Waals surface area contributed by atoms with Crippen molar-refractivity contribution in [1.82, 2.24) is 9.55 Å². The van der Waals surface area contributed by atoms with Crippen LogP contribution in [-0.4, -0.2) is 32.3 Å². The van der Waals surface area contributed by atoms with Crippen molar-refractivity contribution in [2.75, 3.05) is 6.61 Å². The van der Waals surface area contributed by atoms with Gasteiger partial charge in [0.05, 0.1) is 0 Å². The van der Waals surface area contributed by atoms with Crippen molar-refractivity contribution < 1.29 is 14.8 Å². The summed E-state index contributed by atoms with van der Waals surface area (Å²) in [7, 11) is 0. The highest BCUT2D eigenvalue weighted by Crippen LogP contribution is 2.15. The molecule has 2 rings (SSSR count). The molecule has 2 aromatic rings. The molecule has 0 fully saturated rings. The van der Waals surface area contributed by atoms with Gasteiger partial charge >= 0.3 is 5.82 Å². The van der Waals surface area contributed by atoms with Gasteiger partial charge in [-0.25, -0.2) is 9.55 Å². The van der Waals surface area contributed by atoms with E-state index in [4.69, 9.17) is 4.74 Å². The van der Waals surface area contributed by atoms with Crippen molar-refractivity contribution in [3.8, 4) is 5.75 Å². The van der Waals surface area contributed by atoms with E-state index in [1.807, 2.05) is 18.2 Å². The third-order valence-electron chi connectivity index (χ3n) is 2.80. The lowest BCUT2D eigenvalue weighted by Gasteiger charge is -2.12. The molecule has 0 amide bonds. The quantitative estimate of drug-likeness (QED) is 0.639. The minimum Gasteiger partial charge on any atom is -0.491 e. The standard InChI is InChI=1S/C13H15N3O4/c1-10-14-7-13(16(18)19)15(10)8-11(17)9-20-12-5-3-2-4-6-12/h2-7,11,17H,8-9H2,1H3. The number of aromatic nitrogens is 2. The fourth-order valence-electron chi connectivity index (χ4n) is 1.80. The van der Waals surface area contributed by atoms with Gasteiger partial charge in [0.1, 0.15) is 31.2 Å². The molecule has 1 atom stereocenters. The van der Waals surface area contributed by atoms with Gasteiger partial charge in [0.15, 0.2) is 5.82 Å². The first-order valence-corrected chi connectivity index (χ1v) is 6.10. The van der Waals surface area contributed by atoms with Crippen LogP contribution in [0.5, 0.6) is 5.75 Å². The fourth-order valence-corrected chi connectivity index (χ4v) is 1.80. The molecule has 1 heterocycles. The summed E-state index contributed by atoms with van der Waals surface area (Å²) in [6, 6.07) is 9.07. The first-order chi connectivity index (χ1) is 9.58. The lowest BCUT2D eigenvalue weighted by Crippen LogP contribution is -2.24. The van der Waals surface area contributed by atoms with E-state index in [1.54, 1.807) is 19.1 Å². The topological polar surface area (TPSA) is 90.4 Å². The molecule has 0 aliphatic carbocycles. The molecule has 1 aromatic carbocycles. The Bertz CT molecular complexity index is 583. The zero-order chi connectivity index (χ0) is 14.5. The molecule has 1 aromatic heterocycles. The molecular weight excluding hydrogens is 262 g/mol. The second-order valence-corrected chi connectivity index (χ2v) is 4.31. The number of benzene rings is 1. The van der Waals surface area contributed by atoms with Gasteiger partial charge in [0, 0.05) is 6.92 Å². The summed E-state index contributed by atoms with van der Waals surface area (Å²) in [6.07, 6.45) is 0.321. The first kappa shape index (κ1) is 14.0. The normalized spacial score (nSPS) is 12.1. The predicted molar refractivity (Wildman–Crippen MR) is 71.6 cm³/mol. The number of aryl methyl sites for hydroxylation is 1. The fraction of sp³-hybridized carbons (Fsp3) is 0.308. The van der Waals surface area contributed by atoms with Crippen LogP contribution >= 0.6 is 0 Å². The van der Waals surface area contributed by atoms with Gasteiger partial charge in [-0.15, -0.1) is 0 Å². The van der Waals surface area contributed by atoms with E-state index in [2.05, 4.69) is 4.98 Å². The monoisotopic (exact) mass is 277 g/mol. The summed E-state index contributed by atoms with van der Waals surface area (Å²) >= 11 is 0. The number of aliphatic hydroxyl groups is 1. The molecule has 0 radical (unpaired) electrons. The van der Waals surface area contributed by atoms with Crippen molar-refractivity contribution in [3.05, 3.63) is 52.5 Å². The number of hydrogen-bond donors (Lipinski definition) is 1. The molecular formula is C13H15N3O4. The van der Waals surface area contributed by atoms with Gasteiger partial charge in [-0.2, -0.15) is 0 Å². The molecule has 20 heavy (non-hydrogen) atoms. The Morgan fingerprint density at radius 1 is 1.45 bits per heavy atom. The lowest BCUT2D eigenvalue weighted by molar-refractivity contribution is -0.392. The van der Waals surface area contributed by atoms with Crippen LogP contribution in [0.4, 0.5) is 5.82 Å². The van der Waals surface area contributed by atoms with Crippen LogP contribution in [0.1, 0.15) is 5.82 Å². The number of ether oxygens (including phenoxy) is 1. The van der Waals surface area contributed by atoms with E-state index in [1.165, 1.54) is 10.8 Å². The average molecular weight is 277 g/mol. The minimum atomic E-state index is -0.859. The molecule has 0 saturated carbocycles. The van der Waals surface area contributed by atoms with E-state index in [0.717, 1.165) is 0 Å². The van der Waals surface area contributed by atoms with Gasteiger partial charge in [-0.05, 0) is 17.1 Å². The van der Waals surface area contributed by atoms with Crippen LogP contribution in [0.25, 0.3) is 0 Å². The van der Waals surface area contributed by atoms with E-state index < -0.39 is 11.0 Å². The summed E-state index contributed by atoms with van der Waals surface area (Å²) < 4.78 is 6.76. The van der Waals surface area contributed by atoms with Crippen molar-refractivity contribution >= 4 is 5.82 Å². The van der Waals surface area contributed by atoms with E-state index in [0.29, 0.717) is 11.6 Å². The SMILES string of the molecule is Cc1ncc([N+](=O)[O-])n1CC(O)COc1ccccc1. The minimum absolute atomic E-state index is 0.0544. The number of hydrogen-bond acceptors (Lipinski definition) is 5. The first-order valence-electron chi connectivity index (χ1n) is 6.10. The van der Waals surface area contributed by atoms with Crippen LogP contribution < -0.4 is 4.74 Å². The summed E-state index contributed by atoms with van der Waals surface area (Å²) in [6.45, 7) is 1.77. The second kappa shape index (κ2) is 6.16. The number of nitrogens with zero attached hydrogens (tertiary/aromatic N) is 3. The third-order valence-corrected chi connectivity index (χ3v) is 2.80. The van der Waals surface area contributed by atoms with Gasteiger partial charge in [0.25, 0.3) is 0 Å². The Labute approximate surface area is 115 Å². The smallest absolute Gasteiger partial charge is 0.342 e. The molecule has 1 N–H and O–H groups in total. The highest BCUT2D eigenvalue weighted by molar-refractivity contribution is 5.21. The maximum absolute atomic E-state index is 10.8. The lowest BCUT2D eigenvalue weighted by atomic mass is 10.3. The molecule has 0 bridgehead atoms. The van der Waals surface area contributed by atoms with Crippen molar-refractivity contribution in [2.45, 2.75) is 19.6 Å². The number of aliphatic hydroxyl groups excluding tert-OH is 1. The van der Waals surface area contributed by atoms with Crippen LogP contribution in [0.3, 0.4) is 0 Å². The highest BCUT2D eigenvalue weighted by Gasteiger charge is 2.20. The molecule has 7 heteroatoms. The second-order valence-electron chi connectivity index (χ2n) is 4.31. The van der Waals surface area contributed by atoms with Crippen molar-refractivity contribution in [2.24, 2.45) is 0 Å². The Balaban J connectivity index is 1.96. The van der Waals surface area contributed by atoms with Crippen LogP contribution in [0.15, 0.2) is 36.5 Å². The highest BCUT2D eigenvalue weighted by atomic mass is 16.6.